The van der Waals surface area contributed by atoms with Gasteiger partial charge < -0.3 is 9.09 Å². The van der Waals surface area contributed by atoms with Crippen LogP contribution in [0.15, 0.2) is 83.5 Å². The maximum Gasteiger partial charge on any atom is 0.240 e. The summed E-state index contributed by atoms with van der Waals surface area (Å²) < 4.78 is 7.92. The van der Waals surface area contributed by atoms with E-state index in [4.69, 9.17) is 4.52 Å². The van der Waals surface area contributed by atoms with Crippen LogP contribution in [0.5, 0.6) is 0 Å². The number of rotatable bonds is 5. The lowest BCUT2D eigenvalue weighted by Gasteiger charge is -2.36. The summed E-state index contributed by atoms with van der Waals surface area (Å²) in [5.74, 6) is 1.41. The van der Waals surface area contributed by atoms with Gasteiger partial charge in [-0.15, -0.1) is 0 Å². The molecule has 0 saturated heterocycles. The largest absolute Gasteiger partial charge is 0.348 e. The smallest absolute Gasteiger partial charge is 0.240 e. The van der Waals surface area contributed by atoms with Crippen molar-refractivity contribution in [2.75, 3.05) is 6.54 Å². The first kappa shape index (κ1) is 17.0. The summed E-state index contributed by atoms with van der Waals surface area (Å²) in [6.07, 6.45) is 2.85. The van der Waals surface area contributed by atoms with Crippen LogP contribution in [0.25, 0.3) is 0 Å². The molecule has 0 bridgehead atoms. The van der Waals surface area contributed by atoms with E-state index in [1.807, 2.05) is 18.2 Å². The van der Waals surface area contributed by atoms with Gasteiger partial charge in [0.2, 0.25) is 5.89 Å². The Labute approximate surface area is 164 Å². The minimum absolute atomic E-state index is 0.189. The average Bonchev–Trinajstić information content (AvgIpc) is 3.39. The molecule has 1 atom stereocenters. The Hall–Kier alpha value is -3.18. The van der Waals surface area contributed by atoms with Crippen LogP contribution in [-0.4, -0.2) is 26.2 Å². The van der Waals surface area contributed by atoms with Crippen molar-refractivity contribution in [2.45, 2.75) is 25.6 Å². The van der Waals surface area contributed by atoms with E-state index in [-0.39, 0.29) is 6.04 Å². The lowest BCUT2D eigenvalue weighted by molar-refractivity contribution is 0.154. The van der Waals surface area contributed by atoms with Gasteiger partial charge in [0.1, 0.15) is 0 Å². The van der Waals surface area contributed by atoms with Gasteiger partial charge in [-0.1, -0.05) is 65.8 Å². The van der Waals surface area contributed by atoms with Gasteiger partial charge in [0, 0.05) is 31.4 Å². The average molecular weight is 370 g/mol. The Morgan fingerprint density at radius 2 is 1.68 bits per heavy atom. The van der Waals surface area contributed by atoms with Crippen molar-refractivity contribution in [3.8, 4) is 0 Å². The SMILES string of the molecule is c1ccc(Cc2noc(CN3CCn4cccc4[C@@H]3c3ccccc3)n2)cc1. The van der Waals surface area contributed by atoms with E-state index in [1.165, 1.54) is 16.8 Å². The Morgan fingerprint density at radius 3 is 2.50 bits per heavy atom. The Morgan fingerprint density at radius 1 is 0.893 bits per heavy atom. The van der Waals surface area contributed by atoms with E-state index in [2.05, 4.69) is 80.4 Å². The van der Waals surface area contributed by atoms with Gasteiger partial charge in [0.05, 0.1) is 12.6 Å². The zero-order valence-electron chi connectivity index (χ0n) is 15.6. The van der Waals surface area contributed by atoms with Crippen LogP contribution in [0.4, 0.5) is 0 Å². The highest BCUT2D eigenvalue weighted by Crippen LogP contribution is 2.33. The number of fused-ring (bicyclic) bond motifs is 1. The minimum Gasteiger partial charge on any atom is -0.348 e. The summed E-state index contributed by atoms with van der Waals surface area (Å²) in [5.41, 5.74) is 3.78. The van der Waals surface area contributed by atoms with E-state index >= 15 is 0 Å². The predicted octanol–water partition coefficient (Wildman–Crippen LogP) is 4.07. The molecule has 0 N–H and O–H groups in total. The fraction of sp³-hybridized carbons (Fsp3) is 0.217. The molecule has 28 heavy (non-hydrogen) atoms. The van der Waals surface area contributed by atoms with Gasteiger partial charge in [0.25, 0.3) is 0 Å². The van der Waals surface area contributed by atoms with Crippen LogP contribution in [0.1, 0.15) is 34.6 Å². The normalized spacial score (nSPS) is 16.8. The molecule has 0 spiro atoms. The number of nitrogens with zero attached hydrogens (tertiary/aromatic N) is 4. The monoisotopic (exact) mass is 370 g/mol. The summed E-state index contributed by atoms with van der Waals surface area (Å²) in [4.78, 5) is 7.07. The fourth-order valence-corrected chi connectivity index (χ4v) is 4.00. The molecule has 0 aliphatic carbocycles. The fourth-order valence-electron chi connectivity index (χ4n) is 4.00. The Balaban J connectivity index is 1.38. The van der Waals surface area contributed by atoms with Crippen LogP contribution in [-0.2, 0) is 19.5 Å². The second-order valence-electron chi connectivity index (χ2n) is 7.18. The molecule has 140 valence electrons. The van der Waals surface area contributed by atoms with Crippen LogP contribution < -0.4 is 0 Å². The molecule has 5 nitrogen and oxygen atoms in total. The summed E-state index contributed by atoms with van der Waals surface area (Å²) in [6, 6.07) is 25.4. The maximum absolute atomic E-state index is 5.58. The van der Waals surface area contributed by atoms with E-state index in [0.29, 0.717) is 18.9 Å². The van der Waals surface area contributed by atoms with Crippen molar-refractivity contribution >= 4 is 0 Å². The molecule has 1 aliphatic heterocycles. The van der Waals surface area contributed by atoms with Gasteiger partial charge >= 0.3 is 0 Å². The van der Waals surface area contributed by atoms with E-state index < -0.39 is 0 Å². The van der Waals surface area contributed by atoms with Gasteiger partial charge in [-0.2, -0.15) is 4.98 Å². The Kier molecular flexibility index (Phi) is 4.51. The molecule has 0 unspecified atom stereocenters. The van der Waals surface area contributed by atoms with Crippen LogP contribution >= 0.6 is 0 Å². The number of hydrogen-bond donors (Lipinski definition) is 0. The van der Waals surface area contributed by atoms with Crippen molar-refractivity contribution in [1.29, 1.82) is 0 Å². The summed E-state index contributed by atoms with van der Waals surface area (Å²) >= 11 is 0. The van der Waals surface area contributed by atoms with E-state index in [0.717, 1.165) is 18.9 Å². The minimum atomic E-state index is 0.189. The molecule has 0 saturated carbocycles. The molecule has 4 aromatic rings. The van der Waals surface area contributed by atoms with Crippen LogP contribution in [0.3, 0.4) is 0 Å². The molecule has 0 amide bonds. The zero-order chi connectivity index (χ0) is 18.8. The quantitative estimate of drug-likeness (QED) is 0.531. The second kappa shape index (κ2) is 7.44. The van der Waals surface area contributed by atoms with Gasteiger partial charge in [0.15, 0.2) is 5.82 Å². The molecular formula is C23H22N4O. The Bertz CT molecular complexity index is 1040. The molecule has 1 aliphatic rings. The van der Waals surface area contributed by atoms with Crippen molar-refractivity contribution in [1.82, 2.24) is 19.6 Å². The summed E-state index contributed by atoms with van der Waals surface area (Å²) in [7, 11) is 0. The molecule has 0 radical (unpaired) electrons. The lowest BCUT2D eigenvalue weighted by Crippen LogP contribution is -2.38. The summed E-state index contributed by atoms with van der Waals surface area (Å²) in [6.45, 7) is 2.56. The van der Waals surface area contributed by atoms with E-state index in [1.54, 1.807) is 0 Å². The first-order chi connectivity index (χ1) is 13.9. The number of benzene rings is 2. The maximum atomic E-state index is 5.58. The van der Waals surface area contributed by atoms with Crippen molar-refractivity contribution < 1.29 is 4.52 Å². The second-order valence-corrected chi connectivity index (χ2v) is 7.18. The van der Waals surface area contributed by atoms with Crippen molar-refractivity contribution in [2.24, 2.45) is 0 Å². The standard InChI is InChI=1S/C23H22N4O/c1-3-8-18(9-4-1)16-21-24-22(28-25-21)17-27-15-14-26-13-7-12-20(26)23(27)19-10-5-2-6-11-19/h1-13,23H,14-17H2/t23-/m0/s1. The lowest BCUT2D eigenvalue weighted by atomic mass is 10.00. The third-order valence-electron chi connectivity index (χ3n) is 5.31. The third-order valence-corrected chi connectivity index (χ3v) is 5.31. The topological polar surface area (TPSA) is 47.1 Å². The van der Waals surface area contributed by atoms with Crippen molar-refractivity contribution in [3.05, 3.63) is 108 Å². The first-order valence-electron chi connectivity index (χ1n) is 9.66. The molecule has 0 fully saturated rings. The van der Waals surface area contributed by atoms with Gasteiger partial charge in [-0.3, -0.25) is 4.90 Å². The van der Waals surface area contributed by atoms with Crippen molar-refractivity contribution in [3.63, 3.8) is 0 Å². The highest BCUT2D eigenvalue weighted by molar-refractivity contribution is 5.30. The number of aromatic nitrogens is 3. The molecule has 2 aromatic carbocycles. The molecular weight excluding hydrogens is 348 g/mol. The highest BCUT2D eigenvalue weighted by Gasteiger charge is 2.29. The first-order valence-corrected chi connectivity index (χ1v) is 9.66. The number of hydrogen-bond acceptors (Lipinski definition) is 4. The van der Waals surface area contributed by atoms with Crippen LogP contribution in [0.2, 0.25) is 0 Å². The molecule has 2 aromatic heterocycles. The zero-order valence-corrected chi connectivity index (χ0v) is 15.6. The molecule has 5 heteroatoms. The van der Waals surface area contributed by atoms with E-state index in [9.17, 15) is 0 Å². The predicted molar refractivity (Wildman–Crippen MR) is 107 cm³/mol. The summed E-state index contributed by atoms with van der Waals surface area (Å²) in [5, 5.41) is 4.19. The van der Waals surface area contributed by atoms with Gasteiger partial charge in [-0.05, 0) is 23.3 Å². The molecule has 3 heterocycles. The highest BCUT2D eigenvalue weighted by atomic mass is 16.5. The van der Waals surface area contributed by atoms with Gasteiger partial charge in [-0.25, -0.2) is 0 Å². The van der Waals surface area contributed by atoms with Crippen LogP contribution in [0, 0.1) is 0 Å². The third kappa shape index (κ3) is 3.37. The molecule has 5 rings (SSSR count).